The van der Waals surface area contributed by atoms with E-state index in [4.69, 9.17) is 15.2 Å². The van der Waals surface area contributed by atoms with Gasteiger partial charge in [-0.1, -0.05) is 28.1 Å². The van der Waals surface area contributed by atoms with E-state index in [9.17, 15) is 14.4 Å². The van der Waals surface area contributed by atoms with Crippen LogP contribution in [0.2, 0.25) is 0 Å². The van der Waals surface area contributed by atoms with Crippen LogP contribution in [0.5, 0.6) is 11.5 Å². The van der Waals surface area contributed by atoms with Crippen molar-refractivity contribution in [3.63, 3.8) is 0 Å². The zero-order valence-corrected chi connectivity index (χ0v) is 19.7. The van der Waals surface area contributed by atoms with Gasteiger partial charge >= 0.3 is 0 Å². The molecule has 0 atom stereocenters. The molecule has 1 heterocycles. The van der Waals surface area contributed by atoms with Gasteiger partial charge in [0.15, 0.2) is 11.5 Å². The fourth-order valence-electron chi connectivity index (χ4n) is 2.64. The number of imide groups is 1. The molecule has 0 spiro atoms. The van der Waals surface area contributed by atoms with Crippen LogP contribution in [0, 0.1) is 0 Å². The summed E-state index contributed by atoms with van der Waals surface area (Å²) in [7, 11) is 1.51. The summed E-state index contributed by atoms with van der Waals surface area (Å²) in [5, 5.41) is -0.537. The normalized spacial score (nSPS) is 15.0. The number of hydrogen-bond donors (Lipinski definition) is 1. The van der Waals surface area contributed by atoms with Crippen molar-refractivity contribution >= 4 is 66.8 Å². The molecule has 3 amide bonds. The van der Waals surface area contributed by atoms with Crippen molar-refractivity contribution in [3.8, 4) is 11.5 Å². The van der Waals surface area contributed by atoms with Crippen molar-refractivity contribution in [2.75, 3.05) is 13.7 Å². The molecule has 0 aliphatic carbocycles. The molecule has 1 fully saturated rings. The van der Waals surface area contributed by atoms with Gasteiger partial charge in [0.25, 0.3) is 11.1 Å². The number of hydrogen-bond acceptors (Lipinski definition) is 6. The Morgan fingerprint density at radius 1 is 1.20 bits per heavy atom. The third-order valence-electron chi connectivity index (χ3n) is 4.03. The minimum Gasteiger partial charge on any atom is -0.493 e. The standard InChI is InChI=1S/C20H16Br2N2O5S/c1-28-15-7-12(8-16-19(26)24(9-17(23)25)20(27)30-16)6-14(22)18(15)29-10-11-2-4-13(21)5-3-11/h2-8H,9-10H2,1H3,(H2,23,25)/b16-8-. The summed E-state index contributed by atoms with van der Waals surface area (Å²) in [6.45, 7) is -0.106. The molecule has 1 aliphatic heterocycles. The zero-order valence-electron chi connectivity index (χ0n) is 15.7. The molecule has 0 unspecified atom stereocenters. The maximum atomic E-state index is 12.4. The summed E-state index contributed by atoms with van der Waals surface area (Å²) in [4.78, 5) is 36.4. The first-order chi connectivity index (χ1) is 14.3. The van der Waals surface area contributed by atoms with E-state index in [2.05, 4.69) is 31.9 Å². The number of halogens is 2. The second-order valence-electron chi connectivity index (χ2n) is 6.18. The Bertz CT molecular complexity index is 1040. The molecule has 10 heteroatoms. The third kappa shape index (κ3) is 5.24. The SMILES string of the molecule is COc1cc(/C=C2\SC(=O)N(CC(N)=O)C2=O)cc(Br)c1OCc1ccc(Br)cc1. The second kappa shape index (κ2) is 9.67. The molecule has 1 saturated heterocycles. The Morgan fingerprint density at radius 2 is 1.90 bits per heavy atom. The van der Waals surface area contributed by atoms with Crippen molar-refractivity contribution in [2.45, 2.75) is 6.61 Å². The van der Waals surface area contributed by atoms with Crippen LogP contribution in [0.25, 0.3) is 6.08 Å². The van der Waals surface area contributed by atoms with Gasteiger partial charge in [0.1, 0.15) is 13.2 Å². The predicted molar refractivity (Wildman–Crippen MR) is 121 cm³/mol. The van der Waals surface area contributed by atoms with E-state index >= 15 is 0 Å². The lowest BCUT2D eigenvalue weighted by atomic mass is 10.1. The largest absolute Gasteiger partial charge is 0.493 e. The van der Waals surface area contributed by atoms with Crippen molar-refractivity contribution in [3.05, 3.63) is 61.4 Å². The van der Waals surface area contributed by atoms with Gasteiger partial charge in [-0.3, -0.25) is 19.3 Å². The molecule has 30 heavy (non-hydrogen) atoms. The molecule has 0 bridgehead atoms. The van der Waals surface area contributed by atoms with Crippen LogP contribution < -0.4 is 15.2 Å². The number of methoxy groups -OCH3 is 1. The minimum atomic E-state index is -0.754. The van der Waals surface area contributed by atoms with Gasteiger partial charge in [-0.2, -0.15) is 0 Å². The van der Waals surface area contributed by atoms with Crippen molar-refractivity contribution in [1.82, 2.24) is 4.90 Å². The van der Waals surface area contributed by atoms with Crippen LogP contribution in [-0.2, 0) is 16.2 Å². The van der Waals surface area contributed by atoms with Crippen LogP contribution in [0.1, 0.15) is 11.1 Å². The number of ether oxygens (including phenoxy) is 2. The maximum absolute atomic E-state index is 12.4. The average molecular weight is 556 g/mol. The number of rotatable bonds is 7. The van der Waals surface area contributed by atoms with E-state index < -0.39 is 23.6 Å². The maximum Gasteiger partial charge on any atom is 0.294 e. The monoisotopic (exact) mass is 554 g/mol. The molecule has 3 rings (SSSR count). The Balaban J connectivity index is 1.82. The molecule has 0 saturated carbocycles. The molecular formula is C20H16Br2N2O5S. The number of nitrogens with two attached hydrogens (primary N) is 1. The molecule has 7 nitrogen and oxygen atoms in total. The molecular weight excluding hydrogens is 540 g/mol. The minimum absolute atomic E-state index is 0.193. The topological polar surface area (TPSA) is 98.9 Å². The first-order valence-electron chi connectivity index (χ1n) is 8.57. The second-order valence-corrected chi connectivity index (χ2v) is 8.95. The lowest BCUT2D eigenvalue weighted by Crippen LogP contribution is -2.36. The number of carbonyl (C=O) groups is 3. The Morgan fingerprint density at radius 3 is 2.53 bits per heavy atom. The highest BCUT2D eigenvalue weighted by molar-refractivity contribution is 9.10. The van der Waals surface area contributed by atoms with Gasteiger partial charge in [0.05, 0.1) is 16.5 Å². The van der Waals surface area contributed by atoms with Gasteiger partial charge in [-0.15, -0.1) is 0 Å². The molecule has 2 aromatic rings. The van der Waals surface area contributed by atoms with E-state index in [-0.39, 0.29) is 4.91 Å². The summed E-state index contributed by atoms with van der Waals surface area (Å²) in [5.41, 5.74) is 6.70. The lowest BCUT2D eigenvalue weighted by molar-refractivity contribution is -0.127. The van der Waals surface area contributed by atoms with Crippen molar-refractivity contribution < 1.29 is 23.9 Å². The Hall–Kier alpha value is -2.30. The fourth-order valence-corrected chi connectivity index (χ4v) is 4.32. The molecule has 156 valence electrons. The number of thioether (sulfide) groups is 1. The van der Waals surface area contributed by atoms with Crippen molar-refractivity contribution in [1.29, 1.82) is 0 Å². The highest BCUT2D eigenvalue weighted by atomic mass is 79.9. The van der Waals surface area contributed by atoms with Gasteiger partial charge in [0.2, 0.25) is 5.91 Å². The van der Waals surface area contributed by atoms with Crippen LogP contribution in [0.3, 0.4) is 0 Å². The lowest BCUT2D eigenvalue weighted by Gasteiger charge is -2.14. The van der Waals surface area contributed by atoms with Gasteiger partial charge < -0.3 is 15.2 Å². The van der Waals surface area contributed by atoms with E-state index in [1.165, 1.54) is 7.11 Å². The molecule has 0 radical (unpaired) electrons. The Kier molecular flexibility index (Phi) is 7.22. The van der Waals surface area contributed by atoms with Gasteiger partial charge in [-0.05, 0) is 69.2 Å². The summed E-state index contributed by atoms with van der Waals surface area (Å²) >= 11 is 7.62. The van der Waals surface area contributed by atoms with Gasteiger partial charge in [-0.25, -0.2) is 0 Å². The average Bonchev–Trinajstić information content (AvgIpc) is 2.95. The summed E-state index contributed by atoms with van der Waals surface area (Å²) in [5.74, 6) is -0.340. The molecule has 1 aliphatic rings. The smallest absolute Gasteiger partial charge is 0.294 e. The zero-order chi connectivity index (χ0) is 21.8. The highest BCUT2D eigenvalue weighted by Gasteiger charge is 2.35. The van der Waals surface area contributed by atoms with Crippen molar-refractivity contribution in [2.24, 2.45) is 5.73 Å². The highest BCUT2D eigenvalue weighted by Crippen LogP contribution is 2.39. The Labute approximate surface area is 193 Å². The van der Waals surface area contributed by atoms with E-state index in [1.807, 2.05) is 24.3 Å². The van der Waals surface area contributed by atoms with Gasteiger partial charge in [0, 0.05) is 4.47 Å². The first-order valence-corrected chi connectivity index (χ1v) is 11.0. The van der Waals surface area contributed by atoms with E-state index in [0.29, 0.717) is 28.1 Å². The number of amides is 3. The predicted octanol–water partition coefficient (Wildman–Crippen LogP) is 4.32. The molecule has 0 aromatic heterocycles. The fraction of sp³-hybridized carbons (Fsp3) is 0.150. The van der Waals surface area contributed by atoms with Crippen LogP contribution in [0.15, 0.2) is 50.2 Å². The van der Waals surface area contributed by atoms with Crippen LogP contribution >= 0.6 is 43.6 Å². The molecule has 2 N–H and O–H groups in total. The summed E-state index contributed by atoms with van der Waals surface area (Å²) < 4.78 is 13.0. The van der Waals surface area contributed by atoms with E-state index in [1.54, 1.807) is 18.2 Å². The number of carbonyl (C=O) groups excluding carboxylic acids is 3. The first kappa shape index (κ1) is 22.4. The summed E-state index contributed by atoms with van der Waals surface area (Å²) in [6.07, 6.45) is 1.55. The molecule has 2 aromatic carbocycles. The number of primary amides is 1. The van der Waals surface area contributed by atoms with Crippen LogP contribution in [-0.4, -0.2) is 35.6 Å². The quantitative estimate of drug-likeness (QED) is 0.511. The van der Waals surface area contributed by atoms with E-state index in [0.717, 1.165) is 26.7 Å². The van der Waals surface area contributed by atoms with Crippen LogP contribution in [0.4, 0.5) is 4.79 Å². The number of benzene rings is 2. The third-order valence-corrected chi connectivity index (χ3v) is 6.06. The number of nitrogens with zero attached hydrogens (tertiary/aromatic N) is 1. The summed E-state index contributed by atoms with van der Waals surface area (Å²) in [6, 6.07) is 11.2.